The molecule has 2 aromatic rings. The van der Waals surface area contributed by atoms with Crippen LogP contribution in [0.25, 0.3) is 0 Å². The average molecular weight is 390 g/mol. The standard InChI is InChI=1S/C12H7Br2ClN2O/c13-7-3-4-9(14)10(6-7)17-12(18)8-2-1-5-16-11(8)15/h1-6H,(H,17,18). The van der Waals surface area contributed by atoms with Gasteiger partial charge in [0, 0.05) is 15.1 Å². The maximum Gasteiger partial charge on any atom is 0.258 e. The van der Waals surface area contributed by atoms with Crippen LogP contribution in [0.3, 0.4) is 0 Å². The van der Waals surface area contributed by atoms with Crippen molar-refractivity contribution < 1.29 is 4.79 Å². The van der Waals surface area contributed by atoms with E-state index < -0.39 is 0 Å². The van der Waals surface area contributed by atoms with Crippen molar-refractivity contribution in [1.82, 2.24) is 4.98 Å². The molecule has 0 spiro atoms. The van der Waals surface area contributed by atoms with Gasteiger partial charge in [0.1, 0.15) is 5.15 Å². The molecule has 1 amide bonds. The minimum Gasteiger partial charge on any atom is -0.321 e. The van der Waals surface area contributed by atoms with Crippen molar-refractivity contribution in [2.75, 3.05) is 5.32 Å². The van der Waals surface area contributed by atoms with Gasteiger partial charge in [0.15, 0.2) is 0 Å². The number of aromatic nitrogens is 1. The zero-order valence-corrected chi connectivity index (χ0v) is 12.9. The van der Waals surface area contributed by atoms with E-state index in [1.165, 1.54) is 6.20 Å². The Labute approximate surface area is 126 Å². The van der Waals surface area contributed by atoms with Crippen molar-refractivity contribution in [3.63, 3.8) is 0 Å². The van der Waals surface area contributed by atoms with Crippen LogP contribution >= 0.6 is 43.5 Å². The quantitative estimate of drug-likeness (QED) is 0.767. The molecule has 92 valence electrons. The van der Waals surface area contributed by atoms with E-state index in [2.05, 4.69) is 42.2 Å². The summed E-state index contributed by atoms with van der Waals surface area (Å²) in [6.45, 7) is 0. The van der Waals surface area contributed by atoms with E-state index in [0.29, 0.717) is 11.3 Å². The highest BCUT2D eigenvalue weighted by molar-refractivity contribution is 9.11. The molecule has 1 aromatic heterocycles. The Kier molecular flexibility index (Phi) is 4.37. The third kappa shape index (κ3) is 3.10. The van der Waals surface area contributed by atoms with E-state index in [4.69, 9.17) is 11.6 Å². The molecule has 0 aliphatic rings. The van der Waals surface area contributed by atoms with Crippen molar-refractivity contribution in [3.8, 4) is 0 Å². The van der Waals surface area contributed by atoms with Gasteiger partial charge in [-0.1, -0.05) is 27.5 Å². The number of hydrogen-bond acceptors (Lipinski definition) is 2. The molecule has 0 saturated heterocycles. The third-order valence-corrected chi connectivity index (χ3v) is 3.67. The summed E-state index contributed by atoms with van der Waals surface area (Å²) in [7, 11) is 0. The van der Waals surface area contributed by atoms with Gasteiger partial charge in [-0.05, 0) is 46.3 Å². The van der Waals surface area contributed by atoms with E-state index in [1.54, 1.807) is 18.2 Å². The molecule has 0 bridgehead atoms. The summed E-state index contributed by atoms with van der Waals surface area (Å²) in [5.41, 5.74) is 1.00. The highest BCUT2D eigenvalue weighted by atomic mass is 79.9. The van der Waals surface area contributed by atoms with Crippen LogP contribution in [0.4, 0.5) is 5.69 Å². The zero-order chi connectivity index (χ0) is 13.1. The predicted molar refractivity (Wildman–Crippen MR) is 79.0 cm³/mol. The molecule has 0 aliphatic heterocycles. The maximum absolute atomic E-state index is 12.0. The highest BCUT2D eigenvalue weighted by Crippen LogP contribution is 2.27. The molecule has 0 fully saturated rings. The molecule has 18 heavy (non-hydrogen) atoms. The monoisotopic (exact) mass is 388 g/mol. The number of amides is 1. The normalized spacial score (nSPS) is 10.2. The molecule has 3 nitrogen and oxygen atoms in total. The Morgan fingerprint density at radius 2 is 2.06 bits per heavy atom. The van der Waals surface area contributed by atoms with Gasteiger partial charge in [0.05, 0.1) is 11.3 Å². The Balaban J connectivity index is 2.27. The minimum absolute atomic E-state index is 0.182. The van der Waals surface area contributed by atoms with Gasteiger partial charge in [0.2, 0.25) is 0 Å². The predicted octanol–water partition coefficient (Wildman–Crippen LogP) is 4.51. The smallest absolute Gasteiger partial charge is 0.258 e. The first-order valence-electron chi connectivity index (χ1n) is 4.95. The summed E-state index contributed by atoms with van der Waals surface area (Å²) in [6.07, 6.45) is 1.54. The van der Waals surface area contributed by atoms with E-state index >= 15 is 0 Å². The van der Waals surface area contributed by atoms with Gasteiger partial charge in [-0.3, -0.25) is 4.79 Å². The van der Waals surface area contributed by atoms with Crippen LogP contribution in [-0.2, 0) is 0 Å². The van der Waals surface area contributed by atoms with Crippen LogP contribution in [0, 0.1) is 0 Å². The number of pyridine rings is 1. The lowest BCUT2D eigenvalue weighted by Crippen LogP contribution is -2.13. The van der Waals surface area contributed by atoms with Gasteiger partial charge in [-0.15, -0.1) is 0 Å². The number of halogens is 3. The molecule has 1 N–H and O–H groups in total. The summed E-state index contributed by atoms with van der Waals surface area (Å²) in [4.78, 5) is 15.9. The van der Waals surface area contributed by atoms with Crippen LogP contribution in [0.1, 0.15) is 10.4 Å². The summed E-state index contributed by atoms with van der Waals surface area (Å²) in [5, 5.41) is 2.95. The third-order valence-electron chi connectivity index (χ3n) is 2.18. The molecule has 1 aromatic carbocycles. The van der Waals surface area contributed by atoms with Gasteiger partial charge in [-0.2, -0.15) is 0 Å². The van der Waals surface area contributed by atoms with Crippen molar-refractivity contribution >= 4 is 55.1 Å². The number of rotatable bonds is 2. The van der Waals surface area contributed by atoms with E-state index in [9.17, 15) is 4.79 Å². The molecule has 6 heteroatoms. The lowest BCUT2D eigenvalue weighted by Gasteiger charge is -2.08. The lowest BCUT2D eigenvalue weighted by molar-refractivity contribution is 0.102. The summed E-state index contributed by atoms with van der Waals surface area (Å²) in [6, 6.07) is 8.79. The van der Waals surface area contributed by atoms with E-state index in [-0.39, 0.29) is 11.1 Å². The van der Waals surface area contributed by atoms with Crippen molar-refractivity contribution in [2.45, 2.75) is 0 Å². The molecule has 1 heterocycles. The number of carbonyl (C=O) groups is 1. The van der Waals surface area contributed by atoms with Gasteiger partial charge in [0.25, 0.3) is 5.91 Å². The van der Waals surface area contributed by atoms with E-state index in [0.717, 1.165) is 8.95 Å². The largest absolute Gasteiger partial charge is 0.321 e. The SMILES string of the molecule is O=C(Nc1cc(Br)ccc1Br)c1cccnc1Cl. The number of hydrogen-bond donors (Lipinski definition) is 1. The minimum atomic E-state index is -0.299. The van der Waals surface area contributed by atoms with Gasteiger partial charge < -0.3 is 5.32 Å². The van der Waals surface area contributed by atoms with Gasteiger partial charge in [-0.25, -0.2) is 4.98 Å². The zero-order valence-electron chi connectivity index (χ0n) is 8.95. The molecule has 0 saturated carbocycles. The van der Waals surface area contributed by atoms with Crippen LogP contribution in [0.2, 0.25) is 5.15 Å². The highest BCUT2D eigenvalue weighted by Gasteiger charge is 2.12. The topological polar surface area (TPSA) is 42.0 Å². The fourth-order valence-electron chi connectivity index (χ4n) is 1.34. The fourth-order valence-corrected chi connectivity index (χ4v) is 2.25. The van der Waals surface area contributed by atoms with Crippen LogP contribution in [0.5, 0.6) is 0 Å². The molecule has 0 unspecified atom stereocenters. The number of benzene rings is 1. The van der Waals surface area contributed by atoms with Crippen LogP contribution in [-0.4, -0.2) is 10.9 Å². The van der Waals surface area contributed by atoms with Crippen molar-refractivity contribution in [2.24, 2.45) is 0 Å². The second kappa shape index (κ2) is 5.82. The first-order valence-corrected chi connectivity index (χ1v) is 6.91. The number of nitrogens with zero attached hydrogens (tertiary/aromatic N) is 1. The Morgan fingerprint density at radius 3 is 2.78 bits per heavy atom. The summed E-state index contributed by atoms with van der Waals surface area (Å²) < 4.78 is 1.66. The second-order valence-corrected chi connectivity index (χ2v) is 5.55. The molecule has 0 radical (unpaired) electrons. The Bertz CT molecular complexity index is 604. The Hall–Kier alpha value is -0.910. The molecule has 2 rings (SSSR count). The summed E-state index contributed by atoms with van der Waals surface area (Å²) >= 11 is 12.6. The summed E-state index contributed by atoms with van der Waals surface area (Å²) in [5.74, 6) is -0.299. The second-order valence-electron chi connectivity index (χ2n) is 3.42. The first-order chi connectivity index (χ1) is 8.58. The fraction of sp³-hybridized carbons (Fsp3) is 0. The van der Waals surface area contributed by atoms with Crippen molar-refractivity contribution in [1.29, 1.82) is 0 Å². The number of carbonyl (C=O) groups excluding carboxylic acids is 1. The molecule has 0 atom stereocenters. The molecule has 0 aliphatic carbocycles. The van der Waals surface area contributed by atoms with Crippen LogP contribution in [0.15, 0.2) is 45.5 Å². The van der Waals surface area contributed by atoms with Crippen LogP contribution < -0.4 is 5.32 Å². The number of nitrogens with one attached hydrogen (secondary N) is 1. The first kappa shape index (κ1) is 13.5. The number of anilines is 1. The maximum atomic E-state index is 12.0. The molecular formula is C12H7Br2ClN2O. The van der Waals surface area contributed by atoms with E-state index in [1.807, 2.05) is 12.1 Å². The Morgan fingerprint density at radius 1 is 1.28 bits per heavy atom. The average Bonchev–Trinajstić information content (AvgIpc) is 2.34. The van der Waals surface area contributed by atoms with Gasteiger partial charge >= 0.3 is 0 Å². The lowest BCUT2D eigenvalue weighted by atomic mass is 10.2. The molecular weight excluding hydrogens is 383 g/mol. The van der Waals surface area contributed by atoms with Crippen molar-refractivity contribution in [3.05, 3.63) is 56.2 Å².